The van der Waals surface area contributed by atoms with E-state index < -0.39 is 17.8 Å². The highest BCUT2D eigenvalue weighted by Crippen LogP contribution is 2.31. The number of carboxylic acids is 1. The van der Waals surface area contributed by atoms with E-state index in [1.54, 1.807) is 0 Å². The van der Waals surface area contributed by atoms with Gasteiger partial charge in [0.05, 0.1) is 18.4 Å². The lowest BCUT2D eigenvalue weighted by Crippen LogP contribution is -2.37. The lowest BCUT2D eigenvalue weighted by Gasteiger charge is -2.15. The Morgan fingerprint density at radius 1 is 1.33 bits per heavy atom. The Balaban J connectivity index is 1.73. The van der Waals surface area contributed by atoms with Gasteiger partial charge in [-0.1, -0.05) is 18.6 Å². The number of aryl methyl sites for hydroxylation is 1. The Hall–Kier alpha value is -2.04. The molecule has 0 bridgehead atoms. The van der Waals surface area contributed by atoms with Gasteiger partial charge in [0.2, 0.25) is 5.91 Å². The second-order valence-electron chi connectivity index (χ2n) is 5.44. The number of aliphatic carboxylic acids is 1. The van der Waals surface area contributed by atoms with Crippen molar-refractivity contribution >= 4 is 11.9 Å². The number of carboxylic acid groups (broad SMARTS) is 1. The van der Waals surface area contributed by atoms with Gasteiger partial charge in [-0.25, -0.2) is 0 Å². The maximum Gasteiger partial charge on any atom is 0.307 e. The summed E-state index contributed by atoms with van der Waals surface area (Å²) in [5, 5.41) is 11.8. The molecular weight excluding hydrogens is 270 g/mol. The van der Waals surface area contributed by atoms with Crippen LogP contribution in [0.1, 0.15) is 24.8 Å². The van der Waals surface area contributed by atoms with Gasteiger partial charge in [0.1, 0.15) is 12.4 Å². The van der Waals surface area contributed by atoms with E-state index in [-0.39, 0.29) is 5.91 Å². The Labute approximate surface area is 124 Å². The number of benzene rings is 1. The minimum atomic E-state index is -0.872. The van der Waals surface area contributed by atoms with Crippen molar-refractivity contribution in [1.29, 1.82) is 0 Å². The Morgan fingerprint density at radius 3 is 2.81 bits per heavy atom. The van der Waals surface area contributed by atoms with Crippen LogP contribution in [-0.4, -0.2) is 30.1 Å². The molecule has 1 aromatic carbocycles. The maximum absolute atomic E-state index is 12.0. The molecule has 1 amide bonds. The van der Waals surface area contributed by atoms with Gasteiger partial charge in [-0.3, -0.25) is 9.59 Å². The lowest BCUT2D eigenvalue weighted by atomic mass is 9.95. The minimum absolute atomic E-state index is 0.173. The summed E-state index contributed by atoms with van der Waals surface area (Å²) in [4.78, 5) is 23.1. The molecule has 2 atom stereocenters. The molecule has 0 radical (unpaired) electrons. The zero-order valence-electron chi connectivity index (χ0n) is 12.2. The summed E-state index contributed by atoms with van der Waals surface area (Å²) in [6, 6.07) is 7.70. The first kappa shape index (κ1) is 15.4. The fourth-order valence-corrected chi connectivity index (χ4v) is 2.75. The average molecular weight is 291 g/mol. The molecule has 0 aliphatic heterocycles. The number of hydrogen-bond donors (Lipinski definition) is 2. The monoisotopic (exact) mass is 291 g/mol. The van der Waals surface area contributed by atoms with Crippen LogP contribution in [-0.2, 0) is 9.59 Å². The topological polar surface area (TPSA) is 75.6 Å². The number of ether oxygens (including phenoxy) is 1. The second-order valence-corrected chi connectivity index (χ2v) is 5.44. The maximum atomic E-state index is 12.0. The van der Waals surface area contributed by atoms with Gasteiger partial charge >= 0.3 is 5.97 Å². The van der Waals surface area contributed by atoms with Crippen molar-refractivity contribution in [3.05, 3.63) is 29.8 Å². The lowest BCUT2D eigenvalue weighted by molar-refractivity contribution is -0.146. The smallest absolute Gasteiger partial charge is 0.307 e. The van der Waals surface area contributed by atoms with Gasteiger partial charge in [0.15, 0.2) is 0 Å². The van der Waals surface area contributed by atoms with E-state index in [2.05, 4.69) is 5.32 Å². The van der Waals surface area contributed by atoms with Gasteiger partial charge in [-0.2, -0.15) is 0 Å². The van der Waals surface area contributed by atoms with E-state index in [4.69, 9.17) is 9.84 Å². The van der Waals surface area contributed by atoms with E-state index >= 15 is 0 Å². The highest BCUT2D eigenvalue weighted by Gasteiger charge is 2.37. The van der Waals surface area contributed by atoms with Gasteiger partial charge in [0, 0.05) is 0 Å². The quantitative estimate of drug-likeness (QED) is 0.786. The first-order valence-corrected chi connectivity index (χ1v) is 7.28. The molecule has 21 heavy (non-hydrogen) atoms. The summed E-state index contributed by atoms with van der Waals surface area (Å²) >= 11 is 0. The fraction of sp³-hybridized carbons (Fsp3) is 0.500. The molecule has 5 nitrogen and oxygen atoms in total. The van der Waals surface area contributed by atoms with Crippen LogP contribution >= 0.6 is 0 Å². The zero-order chi connectivity index (χ0) is 15.2. The summed E-state index contributed by atoms with van der Waals surface area (Å²) in [5.41, 5.74) is 1.12. The average Bonchev–Trinajstić information content (AvgIpc) is 2.93. The molecule has 0 spiro atoms. The van der Waals surface area contributed by atoms with E-state index in [9.17, 15) is 9.59 Å². The van der Waals surface area contributed by atoms with Crippen LogP contribution in [0, 0.1) is 18.8 Å². The van der Waals surface area contributed by atoms with Gasteiger partial charge in [-0.05, 0) is 37.5 Å². The second kappa shape index (κ2) is 7.11. The van der Waals surface area contributed by atoms with Crippen LogP contribution in [0.4, 0.5) is 0 Å². The number of carbonyl (C=O) groups excluding carboxylic acids is 1. The number of hydrogen-bond acceptors (Lipinski definition) is 3. The third kappa shape index (κ3) is 4.21. The minimum Gasteiger partial charge on any atom is -0.492 e. The summed E-state index contributed by atoms with van der Waals surface area (Å²) in [5.74, 6) is -1.21. The molecule has 1 fully saturated rings. The molecule has 1 aliphatic carbocycles. The van der Waals surface area contributed by atoms with E-state index in [1.807, 2.05) is 31.2 Å². The standard InChI is InChI=1S/C16H21NO4/c1-11-4-2-5-12(10-11)21-9-8-17-15(18)13-6-3-7-14(13)16(19)20/h2,4-5,10,13-14H,3,6-9H2,1H3,(H,17,18)(H,19,20)/t13-,14+/m1/s1. The van der Waals surface area contributed by atoms with Crippen LogP contribution in [0.3, 0.4) is 0 Å². The van der Waals surface area contributed by atoms with E-state index in [1.165, 1.54) is 0 Å². The predicted molar refractivity (Wildman–Crippen MR) is 78.2 cm³/mol. The van der Waals surface area contributed by atoms with Crippen molar-refractivity contribution in [3.63, 3.8) is 0 Å². The number of amides is 1. The molecule has 1 aliphatic rings. The van der Waals surface area contributed by atoms with Crippen LogP contribution in [0.5, 0.6) is 5.75 Å². The summed E-state index contributed by atoms with van der Waals surface area (Å²) in [6.45, 7) is 2.75. The Morgan fingerprint density at radius 2 is 2.10 bits per heavy atom. The van der Waals surface area contributed by atoms with Crippen LogP contribution in [0.2, 0.25) is 0 Å². The highest BCUT2D eigenvalue weighted by molar-refractivity contribution is 5.85. The van der Waals surface area contributed by atoms with Crippen molar-refractivity contribution in [1.82, 2.24) is 5.32 Å². The van der Waals surface area contributed by atoms with Gasteiger partial charge in [0.25, 0.3) is 0 Å². The van der Waals surface area contributed by atoms with Crippen molar-refractivity contribution in [3.8, 4) is 5.75 Å². The molecule has 114 valence electrons. The fourth-order valence-electron chi connectivity index (χ4n) is 2.75. The summed E-state index contributed by atoms with van der Waals surface area (Å²) in [7, 11) is 0. The SMILES string of the molecule is Cc1cccc(OCCNC(=O)[C@@H]2CCC[C@@H]2C(=O)O)c1. The largest absolute Gasteiger partial charge is 0.492 e. The van der Waals surface area contributed by atoms with Crippen LogP contribution < -0.4 is 10.1 Å². The van der Waals surface area contributed by atoms with Gasteiger partial charge < -0.3 is 15.2 Å². The molecule has 0 unspecified atom stereocenters. The van der Waals surface area contributed by atoms with Crippen molar-refractivity contribution in [2.45, 2.75) is 26.2 Å². The Bertz CT molecular complexity index is 515. The molecular formula is C16H21NO4. The number of carbonyl (C=O) groups is 2. The molecule has 2 N–H and O–H groups in total. The third-order valence-corrected chi connectivity index (χ3v) is 3.83. The van der Waals surface area contributed by atoms with E-state index in [0.717, 1.165) is 17.7 Å². The summed E-state index contributed by atoms with van der Waals surface area (Å²) in [6.07, 6.45) is 2.05. The first-order valence-electron chi connectivity index (χ1n) is 7.28. The normalized spacial score (nSPS) is 21.0. The first-order chi connectivity index (χ1) is 10.1. The van der Waals surface area contributed by atoms with Crippen molar-refractivity contribution < 1.29 is 19.4 Å². The third-order valence-electron chi connectivity index (χ3n) is 3.83. The molecule has 0 heterocycles. The summed E-state index contributed by atoms with van der Waals surface area (Å²) < 4.78 is 5.54. The molecule has 0 saturated heterocycles. The molecule has 1 saturated carbocycles. The van der Waals surface area contributed by atoms with Crippen LogP contribution in [0.25, 0.3) is 0 Å². The number of nitrogens with one attached hydrogen (secondary N) is 1. The zero-order valence-corrected chi connectivity index (χ0v) is 12.2. The van der Waals surface area contributed by atoms with Crippen LogP contribution in [0.15, 0.2) is 24.3 Å². The number of rotatable bonds is 6. The van der Waals surface area contributed by atoms with E-state index in [0.29, 0.717) is 26.0 Å². The Kier molecular flexibility index (Phi) is 5.20. The van der Waals surface area contributed by atoms with Gasteiger partial charge in [-0.15, -0.1) is 0 Å². The molecule has 0 aromatic heterocycles. The molecule has 2 rings (SSSR count). The predicted octanol–water partition coefficient (Wildman–Crippen LogP) is 1.99. The highest BCUT2D eigenvalue weighted by atomic mass is 16.5. The molecule has 5 heteroatoms. The van der Waals surface area contributed by atoms with Crippen molar-refractivity contribution in [2.24, 2.45) is 11.8 Å². The van der Waals surface area contributed by atoms with Crippen molar-refractivity contribution in [2.75, 3.05) is 13.2 Å². The molecule has 1 aromatic rings.